The molecule has 1 heterocycles. The van der Waals surface area contributed by atoms with Crippen molar-refractivity contribution in [2.24, 2.45) is 0 Å². The second-order valence-electron chi connectivity index (χ2n) is 4.99. The molecule has 0 saturated carbocycles. The molecule has 0 saturated heterocycles. The van der Waals surface area contributed by atoms with Crippen LogP contribution < -0.4 is 10.6 Å². The van der Waals surface area contributed by atoms with Crippen LogP contribution >= 0.6 is 15.9 Å². The van der Waals surface area contributed by atoms with Crippen LogP contribution in [0.3, 0.4) is 0 Å². The van der Waals surface area contributed by atoms with Gasteiger partial charge in [0, 0.05) is 19.6 Å². The molecule has 0 bridgehead atoms. The maximum absolute atomic E-state index is 13.4. The van der Waals surface area contributed by atoms with E-state index in [0.29, 0.717) is 12.1 Å². The Morgan fingerprint density at radius 2 is 2.05 bits per heavy atom. The lowest BCUT2D eigenvalue weighted by Gasteiger charge is -2.08. The summed E-state index contributed by atoms with van der Waals surface area (Å²) in [4.78, 5) is 12.1. The Hall–Kier alpha value is -1.72. The fourth-order valence-electron chi connectivity index (χ4n) is 2.41. The number of hydrogen-bond donors (Lipinski definition) is 2. The van der Waals surface area contributed by atoms with Gasteiger partial charge in [-0.15, -0.1) is 0 Å². The lowest BCUT2D eigenvalue weighted by molar-refractivity contribution is 0.0949. The minimum atomic E-state index is -0.439. The lowest BCUT2D eigenvalue weighted by Crippen LogP contribution is -2.23. The van der Waals surface area contributed by atoms with Crippen molar-refractivity contribution in [3.8, 4) is 0 Å². The number of fused-ring (bicyclic) bond motifs is 1. The number of rotatable bonds is 3. The van der Waals surface area contributed by atoms with E-state index in [4.69, 9.17) is 0 Å². The molecule has 108 valence electrons. The van der Waals surface area contributed by atoms with E-state index in [0.717, 1.165) is 18.7 Å². The van der Waals surface area contributed by atoms with Gasteiger partial charge in [0.2, 0.25) is 0 Å². The summed E-state index contributed by atoms with van der Waals surface area (Å²) in [6, 6.07) is 10.6. The predicted molar refractivity (Wildman–Crippen MR) is 82.3 cm³/mol. The molecule has 1 amide bonds. The highest BCUT2D eigenvalue weighted by Crippen LogP contribution is 2.21. The minimum absolute atomic E-state index is 0.195. The van der Waals surface area contributed by atoms with E-state index in [1.165, 1.54) is 23.3 Å². The first-order valence-electron chi connectivity index (χ1n) is 6.69. The molecule has 1 aliphatic rings. The molecular weight excluding hydrogens is 335 g/mol. The van der Waals surface area contributed by atoms with E-state index in [1.807, 2.05) is 6.07 Å². The summed E-state index contributed by atoms with van der Waals surface area (Å²) >= 11 is 3.10. The van der Waals surface area contributed by atoms with E-state index in [1.54, 1.807) is 6.07 Å². The van der Waals surface area contributed by atoms with Gasteiger partial charge in [-0.3, -0.25) is 4.79 Å². The minimum Gasteiger partial charge on any atom is -0.348 e. The van der Waals surface area contributed by atoms with Gasteiger partial charge < -0.3 is 10.6 Å². The van der Waals surface area contributed by atoms with Gasteiger partial charge in [0.25, 0.3) is 5.91 Å². The monoisotopic (exact) mass is 348 g/mol. The van der Waals surface area contributed by atoms with Crippen LogP contribution in [0, 0.1) is 5.82 Å². The molecule has 0 unspecified atom stereocenters. The highest BCUT2D eigenvalue weighted by atomic mass is 79.9. The molecule has 21 heavy (non-hydrogen) atoms. The number of nitrogens with one attached hydrogen (secondary N) is 2. The Bertz CT molecular complexity index is 703. The number of carbonyl (C=O) groups is 1. The Morgan fingerprint density at radius 1 is 1.24 bits per heavy atom. The largest absolute Gasteiger partial charge is 0.348 e. The molecule has 2 N–H and O–H groups in total. The van der Waals surface area contributed by atoms with Gasteiger partial charge in [-0.1, -0.05) is 24.3 Å². The lowest BCUT2D eigenvalue weighted by atomic mass is 10.1. The number of halogens is 2. The van der Waals surface area contributed by atoms with Crippen molar-refractivity contribution in [1.29, 1.82) is 0 Å². The molecule has 2 aromatic carbocycles. The summed E-state index contributed by atoms with van der Waals surface area (Å²) in [6.07, 6.45) is 0. The van der Waals surface area contributed by atoms with E-state index < -0.39 is 5.82 Å². The summed E-state index contributed by atoms with van der Waals surface area (Å²) in [7, 11) is 0. The Kier molecular flexibility index (Phi) is 4.03. The smallest absolute Gasteiger partial charge is 0.252 e. The number of amides is 1. The van der Waals surface area contributed by atoms with Crippen molar-refractivity contribution < 1.29 is 9.18 Å². The molecule has 5 heteroatoms. The Balaban J connectivity index is 1.70. The second kappa shape index (κ2) is 5.95. The van der Waals surface area contributed by atoms with Gasteiger partial charge >= 0.3 is 0 Å². The maximum Gasteiger partial charge on any atom is 0.252 e. The van der Waals surface area contributed by atoms with Crippen molar-refractivity contribution in [1.82, 2.24) is 10.6 Å². The summed E-state index contributed by atoms with van der Waals surface area (Å²) in [5, 5.41) is 6.10. The zero-order valence-corrected chi connectivity index (χ0v) is 12.8. The van der Waals surface area contributed by atoms with Crippen molar-refractivity contribution in [3.05, 3.63) is 68.9 Å². The van der Waals surface area contributed by atoms with Gasteiger partial charge in [-0.05, 0) is 44.8 Å². The molecule has 0 fully saturated rings. The fourth-order valence-corrected chi connectivity index (χ4v) is 2.86. The number of hydrogen-bond acceptors (Lipinski definition) is 2. The van der Waals surface area contributed by atoms with Gasteiger partial charge in [0.1, 0.15) is 5.82 Å². The third kappa shape index (κ3) is 2.99. The maximum atomic E-state index is 13.4. The van der Waals surface area contributed by atoms with Crippen LogP contribution in [-0.4, -0.2) is 5.91 Å². The van der Waals surface area contributed by atoms with E-state index in [9.17, 15) is 9.18 Å². The van der Waals surface area contributed by atoms with Gasteiger partial charge in [0.05, 0.1) is 10.0 Å². The fraction of sp³-hybridized carbons (Fsp3) is 0.188. The SMILES string of the molecule is O=C(NCc1ccc2c(c1)CNC2)c1cccc(F)c1Br. The van der Waals surface area contributed by atoms with Gasteiger partial charge in [0.15, 0.2) is 0 Å². The molecule has 0 atom stereocenters. The normalized spacial score (nSPS) is 13.0. The summed E-state index contributed by atoms with van der Waals surface area (Å²) < 4.78 is 13.6. The molecule has 2 aromatic rings. The second-order valence-corrected chi connectivity index (χ2v) is 5.78. The third-order valence-electron chi connectivity index (χ3n) is 3.55. The Morgan fingerprint density at radius 3 is 2.90 bits per heavy atom. The topological polar surface area (TPSA) is 41.1 Å². The third-order valence-corrected chi connectivity index (χ3v) is 4.36. The summed E-state index contributed by atoms with van der Waals surface area (Å²) in [6.45, 7) is 2.19. The molecule has 3 rings (SSSR count). The van der Waals surface area contributed by atoms with E-state index in [2.05, 4.69) is 38.7 Å². The van der Waals surface area contributed by atoms with Crippen LogP contribution in [0.4, 0.5) is 4.39 Å². The first kappa shape index (κ1) is 14.2. The van der Waals surface area contributed by atoms with Crippen molar-refractivity contribution >= 4 is 21.8 Å². The zero-order valence-electron chi connectivity index (χ0n) is 11.2. The van der Waals surface area contributed by atoms with Crippen molar-refractivity contribution in [2.45, 2.75) is 19.6 Å². The van der Waals surface area contributed by atoms with Crippen LogP contribution in [0.25, 0.3) is 0 Å². The standard InChI is InChI=1S/C16H14BrFN2O/c17-15-13(2-1-3-14(15)18)16(21)20-7-10-4-5-11-8-19-9-12(11)6-10/h1-6,19H,7-9H2,(H,20,21). The average molecular weight is 349 g/mol. The first-order valence-corrected chi connectivity index (χ1v) is 7.48. The molecule has 0 spiro atoms. The predicted octanol–water partition coefficient (Wildman–Crippen LogP) is 3.12. The molecular formula is C16H14BrFN2O. The van der Waals surface area contributed by atoms with Crippen LogP contribution in [0.2, 0.25) is 0 Å². The Labute approximate surface area is 130 Å². The van der Waals surface area contributed by atoms with Crippen molar-refractivity contribution in [2.75, 3.05) is 0 Å². The highest BCUT2D eigenvalue weighted by molar-refractivity contribution is 9.10. The molecule has 0 radical (unpaired) electrons. The quantitative estimate of drug-likeness (QED) is 0.894. The van der Waals surface area contributed by atoms with Gasteiger partial charge in [-0.25, -0.2) is 4.39 Å². The molecule has 0 aliphatic carbocycles. The van der Waals surface area contributed by atoms with Crippen LogP contribution in [0.15, 0.2) is 40.9 Å². The van der Waals surface area contributed by atoms with Crippen molar-refractivity contribution in [3.63, 3.8) is 0 Å². The van der Waals surface area contributed by atoms with Gasteiger partial charge in [-0.2, -0.15) is 0 Å². The molecule has 1 aliphatic heterocycles. The van der Waals surface area contributed by atoms with E-state index >= 15 is 0 Å². The number of benzene rings is 2. The van der Waals surface area contributed by atoms with E-state index in [-0.39, 0.29) is 10.4 Å². The first-order chi connectivity index (χ1) is 10.1. The molecule has 0 aromatic heterocycles. The highest BCUT2D eigenvalue weighted by Gasteiger charge is 2.14. The average Bonchev–Trinajstić information content (AvgIpc) is 2.95. The van der Waals surface area contributed by atoms with Crippen LogP contribution in [0.1, 0.15) is 27.0 Å². The zero-order chi connectivity index (χ0) is 14.8. The van der Waals surface area contributed by atoms with Crippen LogP contribution in [0.5, 0.6) is 0 Å². The summed E-state index contributed by atoms with van der Waals surface area (Å²) in [5.41, 5.74) is 3.92. The van der Waals surface area contributed by atoms with Crippen LogP contribution in [-0.2, 0) is 19.6 Å². The number of carbonyl (C=O) groups excluding carboxylic acids is 1. The summed E-state index contributed by atoms with van der Waals surface area (Å²) in [5.74, 6) is -0.730. The molecule has 3 nitrogen and oxygen atoms in total.